The molecule has 1 amide bonds. The number of aromatic nitrogens is 1. The van der Waals surface area contributed by atoms with Crippen molar-refractivity contribution in [1.29, 1.82) is 0 Å². The van der Waals surface area contributed by atoms with Crippen LogP contribution >= 0.6 is 15.9 Å². The number of nitrogens with two attached hydrogens (primary N) is 1. The van der Waals surface area contributed by atoms with Crippen molar-refractivity contribution in [2.45, 2.75) is 0 Å². The minimum absolute atomic E-state index is 0.280. The topological polar surface area (TPSA) is 83.3 Å². The molecule has 0 aliphatic heterocycles. The first-order valence-electron chi connectivity index (χ1n) is 6.59. The van der Waals surface area contributed by atoms with E-state index in [1.165, 1.54) is 0 Å². The van der Waals surface area contributed by atoms with E-state index in [0.717, 1.165) is 20.9 Å². The Hall–Kier alpha value is -2.60. The molecule has 0 saturated carbocycles. The molecule has 0 unspecified atom stereocenters. The number of hydrazone groups is 1. The Morgan fingerprint density at radius 2 is 2.00 bits per heavy atom. The van der Waals surface area contributed by atoms with Crippen molar-refractivity contribution in [3.63, 3.8) is 0 Å². The van der Waals surface area contributed by atoms with Crippen LogP contribution in [-0.4, -0.2) is 17.1 Å². The second-order valence-corrected chi connectivity index (χ2v) is 5.67. The summed E-state index contributed by atoms with van der Waals surface area (Å²) in [4.78, 5) is 15.1. The van der Waals surface area contributed by atoms with E-state index in [1.807, 2.05) is 24.4 Å². The molecule has 5 nitrogen and oxygen atoms in total. The van der Waals surface area contributed by atoms with Gasteiger partial charge in [0.15, 0.2) is 0 Å². The lowest BCUT2D eigenvalue weighted by atomic mass is 10.2. The minimum atomic E-state index is -0.280. The molecule has 22 heavy (non-hydrogen) atoms. The Balaban J connectivity index is 1.74. The van der Waals surface area contributed by atoms with Crippen LogP contribution in [0.25, 0.3) is 10.9 Å². The molecule has 0 saturated heterocycles. The fourth-order valence-corrected chi connectivity index (χ4v) is 2.44. The number of amides is 1. The summed E-state index contributed by atoms with van der Waals surface area (Å²) >= 11 is 3.44. The average molecular weight is 357 g/mol. The van der Waals surface area contributed by atoms with Crippen LogP contribution in [0.1, 0.15) is 15.9 Å². The highest BCUT2D eigenvalue weighted by Gasteiger charge is 2.04. The van der Waals surface area contributed by atoms with Crippen LogP contribution in [0.3, 0.4) is 0 Å². The van der Waals surface area contributed by atoms with E-state index in [9.17, 15) is 4.79 Å². The van der Waals surface area contributed by atoms with Crippen molar-refractivity contribution < 1.29 is 4.79 Å². The normalized spacial score (nSPS) is 11.1. The molecular weight excluding hydrogens is 344 g/mol. The average Bonchev–Trinajstić information content (AvgIpc) is 2.90. The number of aromatic amines is 1. The number of H-pyrrole nitrogens is 1. The molecule has 0 bridgehead atoms. The number of carbonyl (C=O) groups excluding carboxylic acids is 1. The predicted molar refractivity (Wildman–Crippen MR) is 91.9 cm³/mol. The number of carbonyl (C=O) groups is 1. The summed E-state index contributed by atoms with van der Waals surface area (Å²) in [5, 5.41) is 5.03. The maximum absolute atomic E-state index is 11.9. The van der Waals surface area contributed by atoms with Gasteiger partial charge in [0.25, 0.3) is 5.91 Å². The van der Waals surface area contributed by atoms with E-state index in [-0.39, 0.29) is 5.91 Å². The standard InChI is InChI=1S/C16H13BrN4O/c17-12-3-6-15-14(7-12)11(8-19-15)9-20-21-16(22)10-1-4-13(18)5-2-10/h1-9,19H,18H2,(H,21,22)/b20-9+. The van der Waals surface area contributed by atoms with Crippen LogP contribution in [0.5, 0.6) is 0 Å². The van der Waals surface area contributed by atoms with Gasteiger partial charge in [0.1, 0.15) is 0 Å². The van der Waals surface area contributed by atoms with Gasteiger partial charge in [-0.1, -0.05) is 15.9 Å². The van der Waals surface area contributed by atoms with E-state index in [0.29, 0.717) is 11.3 Å². The largest absolute Gasteiger partial charge is 0.399 e. The predicted octanol–water partition coefficient (Wildman–Crippen LogP) is 3.28. The lowest BCUT2D eigenvalue weighted by Gasteiger charge is -2.00. The van der Waals surface area contributed by atoms with E-state index in [2.05, 4.69) is 31.4 Å². The number of benzene rings is 2. The molecule has 3 rings (SSSR count). The van der Waals surface area contributed by atoms with Crippen molar-refractivity contribution in [3.8, 4) is 0 Å². The minimum Gasteiger partial charge on any atom is -0.399 e. The van der Waals surface area contributed by atoms with Crippen molar-refractivity contribution in [1.82, 2.24) is 10.4 Å². The lowest BCUT2D eigenvalue weighted by Crippen LogP contribution is -2.17. The first-order chi connectivity index (χ1) is 10.6. The number of anilines is 1. The van der Waals surface area contributed by atoms with Gasteiger partial charge in [-0.15, -0.1) is 0 Å². The third-order valence-electron chi connectivity index (χ3n) is 3.22. The summed E-state index contributed by atoms with van der Waals surface area (Å²) in [5.41, 5.74) is 11.1. The Bertz CT molecular complexity index is 852. The number of nitrogens with zero attached hydrogens (tertiary/aromatic N) is 1. The Morgan fingerprint density at radius 3 is 2.77 bits per heavy atom. The number of hydrogen-bond donors (Lipinski definition) is 3. The number of nitrogens with one attached hydrogen (secondary N) is 2. The maximum Gasteiger partial charge on any atom is 0.271 e. The third kappa shape index (κ3) is 3.01. The van der Waals surface area contributed by atoms with Gasteiger partial charge in [-0.2, -0.15) is 5.10 Å². The highest BCUT2D eigenvalue weighted by Crippen LogP contribution is 2.21. The molecule has 3 aromatic rings. The van der Waals surface area contributed by atoms with Crippen LogP contribution in [0.4, 0.5) is 5.69 Å². The molecule has 4 N–H and O–H groups in total. The molecule has 110 valence electrons. The lowest BCUT2D eigenvalue weighted by molar-refractivity contribution is 0.0955. The molecule has 6 heteroatoms. The van der Waals surface area contributed by atoms with Gasteiger partial charge in [0.05, 0.1) is 6.21 Å². The van der Waals surface area contributed by atoms with E-state index >= 15 is 0 Å². The Labute approximate surface area is 135 Å². The van der Waals surface area contributed by atoms with Gasteiger partial charge in [-0.05, 0) is 42.5 Å². The molecule has 1 aromatic heterocycles. The van der Waals surface area contributed by atoms with Crippen molar-refractivity contribution >= 4 is 44.6 Å². The number of fused-ring (bicyclic) bond motifs is 1. The first kappa shape index (κ1) is 14.3. The number of nitrogen functional groups attached to an aromatic ring is 1. The molecule has 0 atom stereocenters. The fraction of sp³-hybridized carbons (Fsp3) is 0. The molecular formula is C16H13BrN4O. The summed E-state index contributed by atoms with van der Waals surface area (Å²) in [5.74, 6) is -0.280. The molecule has 0 radical (unpaired) electrons. The van der Waals surface area contributed by atoms with Crippen LogP contribution in [0.15, 0.2) is 58.2 Å². The van der Waals surface area contributed by atoms with Gasteiger partial charge in [-0.25, -0.2) is 5.43 Å². The Kier molecular flexibility index (Phi) is 3.93. The number of halogens is 1. The highest BCUT2D eigenvalue weighted by atomic mass is 79.9. The summed E-state index contributed by atoms with van der Waals surface area (Å²) < 4.78 is 0.986. The summed E-state index contributed by atoms with van der Waals surface area (Å²) in [6.45, 7) is 0. The zero-order valence-corrected chi connectivity index (χ0v) is 13.1. The third-order valence-corrected chi connectivity index (χ3v) is 3.71. The molecule has 0 aliphatic carbocycles. The van der Waals surface area contributed by atoms with Crippen LogP contribution < -0.4 is 11.2 Å². The van der Waals surface area contributed by atoms with E-state index in [4.69, 9.17) is 5.73 Å². The molecule has 0 aliphatic rings. The van der Waals surface area contributed by atoms with Crippen LogP contribution in [0, 0.1) is 0 Å². The van der Waals surface area contributed by atoms with E-state index < -0.39 is 0 Å². The summed E-state index contributed by atoms with van der Waals surface area (Å²) in [6, 6.07) is 12.6. The smallest absolute Gasteiger partial charge is 0.271 e. The number of rotatable bonds is 3. The van der Waals surface area contributed by atoms with Crippen LogP contribution in [0.2, 0.25) is 0 Å². The van der Waals surface area contributed by atoms with Gasteiger partial charge in [0.2, 0.25) is 0 Å². The van der Waals surface area contributed by atoms with Crippen molar-refractivity contribution in [2.24, 2.45) is 5.10 Å². The SMILES string of the molecule is Nc1ccc(C(=O)N/N=C/c2c[nH]c3ccc(Br)cc23)cc1. The number of hydrogen-bond acceptors (Lipinski definition) is 3. The molecule has 1 heterocycles. The van der Waals surface area contributed by atoms with Gasteiger partial charge in [-0.3, -0.25) is 4.79 Å². The Morgan fingerprint density at radius 1 is 1.23 bits per heavy atom. The highest BCUT2D eigenvalue weighted by molar-refractivity contribution is 9.10. The van der Waals surface area contributed by atoms with Gasteiger partial charge >= 0.3 is 0 Å². The van der Waals surface area contributed by atoms with E-state index in [1.54, 1.807) is 30.5 Å². The molecule has 0 spiro atoms. The molecule has 0 fully saturated rings. The fourth-order valence-electron chi connectivity index (χ4n) is 2.08. The second kappa shape index (κ2) is 6.03. The van der Waals surface area contributed by atoms with Gasteiger partial charge in [0, 0.05) is 38.4 Å². The zero-order valence-electron chi connectivity index (χ0n) is 11.5. The van der Waals surface area contributed by atoms with Crippen LogP contribution in [-0.2, 0) is 0 Å². The summed E-state index contributed by atoms with van der Waals surface area (Å²) in [6.07, 6.45) is 3.45. The van der Waals surface area contributed by atoms with Gasteiger partial charge < -0.3 is 10.7 Å². The molecule has 2 aromatic carbocycles. The quantitative estimate of drug-likeness (QED) is 0.382. The zero-order chi connectivity index (χ0) is 15.5. The maximum atomic E-state index is 11.9. The van der Waals surface area contributed by atoms with Crippen molar-refractivity contribution in [3.05, 3.63) is 64.3 Å². The summed E-state index contributed by atoms with van der Waals surface area (Å²) in [7, 11) is 0. The second-order valence-electron chi connectivity index (χ2n) is 4.76. The first-order valence-corrected chi connectivity index (χ1v) is 7.38. The monoisotopic (exact) mass is 356 g/mol. The van der Waals surface area contributed by atoms with Crippen molar-refractivity contribution in [2.75, 3.05) is 5.73 Å².